The first-order valence-corrected chi connectivity index (χ1v) is 6.83. The molecular formula is C11H15NO4S. The summed E-state index contributed by atoms with van der Waals surface area (Å²) in [6.45, 7) is 3.00. The molecule has 0 fully saturated rings. The molecular weight excluding hydrogens is 242 g/mol. The predicted molar refractivity (Wildman–Crippen MR) is 62.5 cm³/mol. The number of ether oxygens (including phenoxy) is 1. The molecule has 5 nitrogen and oxygen atoms in total. The fourth-order valence-corrected chi connectivity index (χ4v) is 2.05. The molecule has 17 heavy (non-hydrogen) atoms. The van der Waals surface area contributed by atoms with Gasteiger partial charge in [0.25, 0.3) is 0 Å². The molecule has 0 amide bonds. The third kappa shape index (κ3) is 2.76. The lowest BCUT2D eigenvalue weighted by atomic mass is 9.99. The van der Waals surface area contributed by atoms with Crippen LogP contribution in [-0.2, 0) is 14.6 Å². The molecule has 1 aromatic heterocycles. The van der Waals surface area contributed by atoms with Gasteiger partial charge in [-0.05, 0) is 19.9 Å². The predicted octanol–water partition coefficient (Wildman–Crippen LogP) is 0.869. The number of hydrogen-bond donors (Lipinski definition) is 0. The van der Waals surface area contributed by atoms with Crippen LogP contribution in [0.5, 0.6) is 0 Å². The van der Waals surface area contributed by atoms with E-state index in [1.807, 2.05) is 0 Å². The average Bonchev–Trinajstić information content (AvgIpc) is 2.16. The van der Waals surface area contributed by atoms with Crippen molar-refractivity contribution in [2.75, 3.05) is 6.26 Å². The van der Waals surface area contributed by atoms with Crippen LogP contribution in [0, 0.1) is 12.3 Å². The largest absolute Gasteiger partial charge is 0.619 e. The number of aromatic nitrogens is 1. The van der Waals surface area contributed by atoms with E-state index in [4.69, 9.17) is 11.8 Å². The molecule has 0 aliphatic carbocycles. The summed E-state index contributed by atoms with van der Waals surface area (Å²) in [5, 5.41) is 11.2. The van der Waals surface area contributed by atoms with Crippen LogP contribution in [0.4, 0.5) is 0 Å². The van der Waals surface area contributed by atoms with Gasteiger partial charge in [-0.2, -0.15) is 4.73 Å². The zero-order valence-corrected chi connectivity index (χ0v) is 10.8. The van der Waals surface area contributed by atoms with E-state index in [2.05, 4.69) is 0 Å². The monoisotopic (exact) mass is 257 g/mol. The number of nitrogens with zero attached hydrogens (tertiary/aromatic N) is 1. The first-order valence-electron chi connectivity index (χ1n) is 4.94. The SMILES string of the molecule is [CH]OC(c1ccc[n+]([O-])c1)C(C)(C)S(C)(=O)=O. The summed E-state index contributed by atoms with van der Waals surface area (Å²) < 4.78 is 27.5. The fourth-order valence-electron chi connectivity index (χ4n) is 1.47. The Bertz CT molecular complexity index is 496. The Hall–Kier alpha value is -1.14. The smallest absolute Gasteiger partial charge is 0.186 e. The zero-order valence-electron chi connectivity index (χ0n) is 9.95. The minimum Gasteiger partial charge on any atom is -0.619 e. The van der Waals surface area contributed by atoms with Crippen molar-refractivity contribution in [2.45, 2.75) is 24.7 Å². The second kappa shape index (κ2) is 4.62. The van der Waals surface area contributed by atoms with Gasteiger partial charge in [-0.3, -0.25) is 0 Å². The molecule has 0 saturated heterocycles. The number of rotatable bonds is 4. The van der Waals surface area contributed by atoms with Crippen LogP contribution in [0.1, 0.15) is 25.5 Å². The quantitative estimate of drug-likeness (QED) is 0.592. The number of hydrogen-bond acceptors (Lipinski definition) is 4. The minimum absolute atomic E-state index is 0.417. The maximum Gasteiger partial charge on any atom is 0.186 e. The Morgan fingerprint density at radius 1 is 1.53 bits per heavy atom. The van der Waals surface area contributed by atoms with Gasteiger partial charge in [0.15, 0.2) is 22.2 Å². The summed E-state index contributed by atoms with van der Waals surface area (Å²) in [4.78, 5) is 0. The van der Waals surface area contributed by atoms with E-state index in [-0.39, 0.29) is 0 Å². The lowest BCUT2D eigenvalue weighted by Gasteiger charge is -2.30. The maximum atomic E-state index is 11.7. The Morgan fingerprint density at radius 2 is 2.12 bits per heavy atom. The van der Waals surface area contributed by atoms with Crippen molar-refractivity contribution in [2.24, 2.45) is 0 Å². The third-order valence-electron chi connectivity index (χ3n) is 2.82. The molecule has 0 N–H and O–H groups in total. The van der Waals surface area contributed by atoms with Crippen LogP contribution >= 0.6 is 0 Å². The van der Waals surface area contributed by atoms with Crippen LogP contribution in [0.25, 0.3) is 0 Å². The summed E-state index contributed by atoms with van der Waals surface area (Å²) >= 11 is 0. The van der Waals surface area contributed by atoms with Crippen LogP contribution in [0.3, 0.4) is 0 Å². The summed E-state index contributed by atoms with van der Waals surface area (Å²) in [6, 6.07) is 3.10. The first kappa shape index (κ1) is 13.9. The van der Waals surface area contributed by atoms with Gasteiger partial charge in [0.1, 0.15) is 13.2 Å². The van der Waals surface area contributed by atoms with Crippen molar-refractivity contribution < 1.29 is 17.9 Å². The second-order valence-electron chi connectivity index (χ2n) is 4.39. The second-order valence-corrected chi connectivity index (χ2v) is 6.99. The average molecular weight is 257 g/mol. The van der Waals surface area contributed by atoms with Gasteiger partial charge in [-0.25, -0.2) is 8.42 Å². The van der Waals surface area contributed by atoms with Crippen LogP contribution in [-0.4, -0.2) is 19.4 Å². The molecule has 0 spiro atoms. The highest BCUT2D eigenvalue weighted by molar-refractivity contribution is 7.92. The highest BCUT2D eigenvalue weighted by Crippen LogP contribution is 2.34. The highest BCUT2D eigenvalue weighted by Gasteiger charge is 2.41. The number of pyridine rings is 1. The Morgan fingerprint density at radius 3 is 2.53 bits per heavy atom. The van der Waals surface area contributed by atoms with E-state index in [1.54, 1.807) is 6.07 Å². The molecule has 0 aromatic carbocycles. The van der Waals surface area contributed by atoms with Crippen LogP contribution in [0.15, 0.2) is 24.5 Å². The molecule has 1 unspecified atom stereocenters. The summed E-state index contributed by atoms with van der Waals surface area (Å²) in [5.41, 5.74) is 0.417. The zero-order chi connectivity index (χ0) is 13.3. The Kier molecular flexibility index (Phi) is 3.78. The van der Waals surface area contributed by atoms with Gasteiger partial charge in [0.05, 0.1) is 4.75 Å². The van der Waals surface area contributed by atoms with Gasteiger partial charge in [-0.15, -0.1) is 0 Å². The summed E-state index contributed by atoms with van der Waals surface area (Å²) in [7, 11) is 1.77. The summed E-state index contributed by atoms with van der Waals surface area (Å²) in [6.07, 6.45) is 2.74. The third-order valence-corrected chi connectivity index (χ3v) is 4.95. The molecule has 0 aliphatic heterocycles. The number of sulfone groups is 1. The molecule has 6 heteroatoms. The van der Waals surface area contributed by atoms with Gasteiger partial charge < -0.3 is 9.94 Å². The maximum absolute atomic E-state index is 11.7. The van der Waals surface area contributed by atoms with Gasteiger partial charge >= 0.3 is 0 Å². The van der Waals surface area contributed by atoms with E-state index in [0.29, 0.717) is 10.3 Å². The lowest BCUT2D eigenvalue weighted by Crippen LogP contribution is -2.39. The van der Waals surface area contributed by atoms with Crippen molar-refractivity contribution in [1.29, 1.82) is 0 Å². The molecule has 1 heterocycles. The van der Waals surface area contributed by atoms with E-state index in [9.17, 15) is 13.6 Å². The summed E-state index contributed by atoms with van der Waals surface area (Å²) in [5.74, 6) is 0. The Balaban J connectivity index is 3.26. The van der Waals surface area contributed by atoms with Crippen molar-refractivity contribution >= 4 is 9.84 Å². The highest BCUT2D eigenvalue weighted by atomic mass is 32.2. The standard InChI is InChI=1S/C11H15NO4S/c1-11(2,17(4,14)15)10(16-3)9-6-5-7-12(13)8-9/h3,5-8,10H,1-2,4H3. The van der Waals surface area contributed by atoms with E-state index in [1.165, 1.54) is 32.3 Å². The molecule has 0 saturated carbocycles. The van der Waals surface area contributed by atoms with Crippen molar-refractivity contribution in [3.05, 3.63) is 42.4 Å². The van der Waals surface area contributed by atoms with Crippen LogP contribution < -0.4 is 4.73 Å². The van der Waals surface area contributed by atoms with E-state index in [0.717, 1.165) is 6.26 Å². The topological polar surface area (TPSA) is 70.3 Å². The van der Waals surface area contributed by atoms with Crippen LogP contribution in [0.2, 0.25) is 0 Å². The normalized spacial score (nSPS) is 14.6. The van der Waals surface area contributed by atoms with E-state index < -0.39 is 20.7 Å². The van der Waals surface area contributed by atoms with Crippen molar-refractivity contribution in [1.82, 2.24) is 0 Å². The van der Waals surface area contributed by atoms with Crippen molar-refractivity contribution in [3.8, 4) is 0 Å². The van der Waals surface area contributed by atoms with Gasteiger partial charge in [0, 0.05) is 17.9 Å². The molecule has 1 atom stereocenters. The lowest BCUT2D eigenvalue weighted by molar-refractivity contribution is -0.606. The molecule has 0 aliphatic rings. The van der Waals surface area contributed by atoms with Gasteiger partial charge in [0.2, 0.25) is 0 Å². The first-order chi connectivity index (χ1) is 7.70. The van der Waals surface area contributed by atoms with E-state index >= 15 is 0 Å². The molecule has 2 radical (unpaired) electrons. The van der Waals surface area contributed by atoms with Gasteiger partial charge in [-0.1, -0.05) is 0 Å². The molecule has 94 valence electrons. The molecule has 1 aromatic rings. The minimum atomic E-state index is -3.39. The molecule has 1 rings (SSSR count). The fraction of sp³-hybridized carbons (Fsp3) is 0.455. The molecule has 0 bridgehead atoms. The van der Waals surface area contributed by atoms with Crippen molar-refractivity contribution in [3.63, 3.8) is 0 Å². The Labute approximate surface area is 102 Å².